The predicted octanol–water partition coefficient (Wildman–Crippen LogP) is 2.33. The third-order valence-electron chi connectivity index (χ3n) is 2.38. The smallest absolute Gasteiger partial charge is 0.127 e. The highest BCUT2D eigenvalue weighted by Gasteiger charge is 2.02. The first-order valence-corrected chi connectivity index (χ1v) is 6.35. The van der Waals surface area contributed by atoms with Crippen molar-refractivity contribution in [1.29, 1.82) is 0 Å². The second-order valence-electron chi connectivity index (χ2n) is 4.75. The van der Waals surface area contributed by atoms with E-state index in [1.807, 2.05) is 6.07 Å². The van der Waals surface area contributed by atoms with Gasteiger partial charge in [0.1, 0.15) is 11.6 Å². The lowest BCUT2D eigenvalue weighted by molar-refractivity contribution is 0.233. The largest absolute Gasteiger partial charge is 0.493 e. The molecule has 2 N–H and O–H groups in total. The number of benzene rings is 1. The summed E-state index contributed by atoms with van der Waals surface area (Å²) in [5, 5.41) is 11.9. The summed E-state index contributed by atoms with van der Waals surface area (Å²) in [6, 6.07) is 4.70. The molecule has 1 aromatic carbocycles. The van der Waals surface area contributed by atoms with Gasteiger partial charge < -0.3 is 15.2 Å². The minimum atomic E-state index is -0.294. The monoisotopic (exact) mass is 255 g/mol. The number of hydrogen-bond donors (Lipinski definition) is 2. The normalized spacial score (nSPS) is 10.9. The Balaban J connectivity index is 2.51. The molecule has 102 valence electrons. The molecule has 0 aliphatic rings. The van der Waals surface area contributed by atoms with Crippen LogP contribution in [0.2, 0.25) is 0 Å². The van der Waals surface area contributed by atoms with Gasteiger partial charge in [0, 0.05) is 25.6 Å². The molecule has 0 aliphatic heterocycles. The van der Waals surface area contributed by atoms with Crippen molar-refractivity contribution in [3.63, 3.8) is 0 Å². The molecule has 0 aromatic heterocycles. The summed E-state index contributed by atoms with van der Waals surface area (Å²) in [4.78, 5) is 0. The first-order chi connectivity index (χ1) is 8.61. The average molecular weight is 255 g/mol. The van der Waals surface area contributed by atoms with E-state index in [4.69, 9.17) is 9.84 Å². The van der Waals surface area contributed by atoms with Crippen LogP contribution in [-0.4, -0.2) is 24.9 Å². The highest BCUT2D eigenvalue weighted by Crippen LogP contribution is 2.16. The number of aliphatic hydroxyl groups excluding tert-OH is 1. The summed E-state index contributed by atoms with van der Waals surface area (Å²) in [5.74, 6) is 0.793. The summed E-state index contributed by atoms with van der Waals surface area (Å²) >= 11 is 0. The standard InChI is InChI=1S/C14H22FNO2/c1-11(2)9-16-10-12-6-13(15)8-14(7-12)18-5-3-4-17/h6-8,11,16-17H,3-5,9-10H2,1-2H3. The number of hydrogen-bond acceptors (Lipinski definition) is 3. The van der Waals surface area contributed by atoms with E-state index in [2.05, 4.69) is 19.2 Å². The van der Waals surface area contributed by atoms with Crippen LogP contribution in [0.15, 0.2) is 18.2 Å². The van der Waals surface area contributed by atoms with Gasteiger partial charge in [0.15, 0.2) is 0 Å². The zero-order valence-electron chi connectivity index (χ0n) is 11.1. The van der Waals surface area contributed by atoms with Gasteiger partial charge in [-0.3, -0.25) is 0 Å². The molecule has 0 amide bonds. The number of nitrogens with one attached hydrogen (secondary N) is 1. The molecule has 1 rings (SSSR count). The molecule has 0 heterocycles. The quantitative estimate of drug-likeness (QED) is 0.701. The molecule has 0 spiro atoms. The van der Waals surface area contributed by atoms with Gasteiger partial charge in [-0.25, -0.2) is 4.39 Å². The average Bonchev–Trinajstić information content (AvgIpc) is 2.28. The van der Waals surface area contributed by atoms with E-state index in [-0.39, 0.29) is 12.4 Å². The zero-order valence-corrected chi connectivity index (χ0v) is 11.1. The number of aliphatic hydroxyl groups is 1. The first-order valence-electron chi connectivity index (χ1n) is 6.35. The third kappa shape index (κ3) is 5.98. The topological polar surface area (TPSA) is 41.5 Å². The van der Waals surface area contributed by atoms with Crippen LogP contribution in [0.3, 0.4) is 0 Å². The molecular weight excluding hydrogens is 233 g/mol. The molecule has 1 aromatic rings. The van der Waals surface area contributed by atoms with Gasteiger partial charge in [0.05, 0.1) is 6.61 Å². The van der Waals surface area contributed by atoms with E-state index < -0.39 is 0 Å². The van der Waals surface area contributed by atoms with Gasteiger partial charge in [0.2, 0.25) is 0 Å². The lowest BCUT2D eigenvalue weighted by Crippen LogP contribution is -2.19. The van der Waals surface area contributed by atoms with E-state index in [0.717, 1.165) is 12.1 Å². The van der Waals surface area contributed by atoms with Crippen LogP contribution in [0.4, 0.5) is 4.39 Å². The highest BCUT2D eigenvalue weighted by atomic mass is 19.1. The predicted molar refractivity (Wildman–Crippen MR) is 70.1 cm³/mol. The van der Waals surface area contributed by atoms with Gasteiger partial charge in [0.25, 0.3) is 0 Å². The molecule has 0 saturated heterocycles. The van der Waals surface area contributed by atoms with Crippen molar-refractivity contribution < 1.29 is 14.2 Å². The minimum Gasteiger partial charge on any atom is -0.493 e. The molecular formula is C14H22FNO2. The molecule has 0 saturated carbocycles. The molecule has 4 heteroatoms. The lowest BCUT2D eigenvalue weighted by Gasteiger charge is -2.10. The number of halogens is 1. The zero-order chi connectivity index (χ0) is 13.4. The van der Waals surface area contributed by atoms with Crippen LogP contribution in [0.25, 0.3) is 0 Å². The maximum Gasteiger partial charge on any atom is 0.127 e. The second-order valence-corrected chi connectivity index (χ2v) is 4.75. The van der Waals surface area contributed by atoms with Crippen LogP contribution in [-0.2, 0) is 6.54 Å². The Bertz CT molecular complexity index is 356. The van der Waals surface area contributed by atoms with E-state index in [1.165, 1.54) is 12.1 Å². The first kappa shape index (κ1) is 14.9. The van der Waals surface area contributed by atoms with Gasteiger partial charge >= 0.3 is 0 Å². The maximum atomic E-state index is 13.4. The molecule has 0 bridgehead atoms. The minimum absolute atomic E-state index is 0.0815. The summed E-state index contributed by atoms with van der Waals surface area (Å²) in [6.45, 7) is 6.27. The Morgan fingerprint density at radius 3 is 2.78 bits per heavy atom. The van der Waals surface area contributed by atoms with Crippen molar-refractivity contribution in [3.05, 3.63) is 29.6 Å². The van der Waals surface area contributed by atoms with Crippen molar-refractivity contribution in [2.75, 3.05) is 19.8 Å². The highest BCUT2D eigenvalue weighted by molar-refractivity contribution is 5.29. The molecule has 18 heavy (non-hydrogen) atoms. The van der Waals surface area contributed by atoms with Crippen LogP contribution >= 0.6 is 0 Å². The summed E-state index contributed by atoms with van der Waals surface area (Å²) in [5.41, 5.74) is 0.870. The van der Waals surface area contributed by atoms with Crippen LogP contribution in [0.5, 0.6) is 5.75 Å². The Labute approximate surface area is 108 Å². The van der Waals surface area contributed by atoms with Gasteiger partial charge in [-0.05, 0) is 30.2 Å². The Morgan fingerprint density at radius 1 is 1.33 bits per heavy atom. The van der Waals surface area contributed by atoms with Crippen molar-refractivity contribution in [3.8, 4) is 5.75 Å². The summed E-state index contributed by atoms with van der Waals surface area (Å²) in [6.07, 6.45) is 0.553. The van der Waals surface area contributed by atoms with Crippen molar-refractivity contribution in [1.82, 2.24) is 5.32 Å². The Hall–Kier alpha value is -1.13. The van der Waals surface area contributed by atoms with Gasteiger partial charge in [-0.15, -0.1) is 0 Å². The molecule has 0 unspecified atom stereocenters. The Morgan fingerprint density at radius 2 is 2.11 bits per heavy atom. The fourth-order valence-electron chi connectivity index (χ4n) is 1.57. The molecule has 0 fully saturated rings. The van der Waals surface area contributed by atoms with Gasteiger partial charge in [-0.1, -0.05) is 13.8 Å². The molecule has 0 atom stereocenters. The molecule has 0 aliphatic carbocycles. The summed E-state index contributed by atoms with van der Waals surface area (Å²) < 4.78 is 18.7. The Kier molecular flexibility index (Phi) is 6.68. The van der Waals surface area contributed by atoms with E-state index in [1.54, 1.807) is 0 Å². The summed E-state index contributed by atoms with van der Waals surface area (Å²) in [7, 11) is 0. The van der Waals surface area contributed by atoms with Crippen molar-refractivity contribution >= 4 is 0 Å². The van der Waals surface area contributed by atoms with Gasteiger partial charge in [-0.2, -0.15) is 0 Å². The molecule has 0 radical (unpaired) electrons. The second kappa shape index (κ2) is 8.06. The molecule has 3 nitrogen and oxygen atoms in total. The van der Waals surface area contributed by atoms with E-state index in [0.29, 0.717) is 31.2 Å². The fourth-order valence-corrected chi connectivity index (χ4v) is 1.57. The number of ether oxygens (including phenoxy) is 1. The van der Waals surface area contributed by atoms with Crippen LogP contribution in [0, 0.1) is 11.7 Å². The lowest BCUT2D eigenvalue weighted by atomic mass is 10.2. The van der Waals surface area contributed by atoms with E-state index >= 15 is 0 Å². The van der Waals surface area contributed by atoms with E-state index in [9.17, 15) is 4.39 Å². The maximum absolute atomic E-state index is 13.4. The SMILES string of the molecule is CC(C)CNCc1cc(F)cc(OCCCO)c1. The van der Waals surface area contributed by atoms with Crippen molar-refractivity contribution in [2.24, 2.45) is 5.92 Å². The number of rotatable bonds is 8. The fraction of sp³-hybridized carbons (Fsp3) is 0.571. The van der Waals surface area contributed by atoms with Crippen molar-refractivity contribution in [2.45, 2.75) is 26.8 Å². The third-order valence-corrected chi connectivity index (χ3v) is 2.38. The van der Waals surface area contributed by atoms with Crippen LogP contribution in [0.1, 0.15) is 25.8 Å². The van der Waals surface area contributed by atoms with Crippen LogP contribution < -0.4 is 10.1 Å².